The van der Waals surface area contributed by atoms with Crippen LogP contribution in [0.25, 0.3) is 0 Å². The number of aryl methyl sites for hydroxylation is 2. The van der Waals surface area contributed by atoms with Crippen LogP contribution in [0.4, 0.5) is 11.5 Å². The Kier molecular flexibility index (Phi) is 3.75. The van der Waals surface area contributed by atoms with Gasteiger partial charge < -0.3 is 10.4 Å². The summed E-state index contributed by atoms with van der Waals surface area (Å²) in [6.07, 6.45) is 2.87. The minimum Gasteiger partial charge on any atom is -0.396 e. The minimum absolute atomic E-state index is 0.0571. The highest BCUT2D eigenvalue weighted by Crippen LogP contribution is 2.48. The van der Waals surface area contributed by atoms with Crippen molar-refractivity contribution in [3.63, 3.8) is 0 Å². The van der Waals surface area contributed by atoms with Crippen LogP contribution in [0.2, 0.25) is 0 Å². The molecule has 106 valence electrons. The molecule has 0 bridgehead atoms. The number of aromatic nitrogens is 2. The first-order valence-corrected chi connectivity index (χ1v) is 6.59. The smallest absolute Gasteiger partial charge is 0.333 e. The first-order valence-electron chi connectivity index (χ1n) is 6.59. The Morgan fingerprint density at radius 3 is 2.74 bits per heavy atom. The number of aliphatic hydroxyl groups is 1. The van der Waals surface area contributed by atoms with Gasteiger partial charge in [-0.3, -0.25) is 10.1 Å². The molecule has 1 saturated carbocycles. The number of nitrogens with zero attached hydrogens (tertiary/aromatic N) is 3. The average Bonchev–Trinajstić information content (AvgIpc) is 3.03. The van der Waals surface area contributed by atoms with Gasteiger partial charge in [-0.1, -0.05) is 0 Å². The zero-order valence-electron chi connectivity index (χ0n) is 11.3. The lowest BCUT2D eigenvalue weighted by atomic mass is 10.0. The first kappa shape index (κ1) is 13.8. The summed E-state index contributed by atoms with van der Waals surface area (Å²) in [5, 5.41) is 27.5. The van der Waals surface area contributed by atoms with Crippen molar-refractivity contribution >= 4 is 11.5 Å². The van der Waals surface area contributed by atoms with Gasteiger partial charge in [0.25, 0.3) is 0 Å². The van der Waals surface area contributed by atoms with Crippen molar-refractivity contribution < 1.29 is 10.0 Å². The molecule has 0 saturated heterocycles. The van der Waals surface area contributed by atoms with E-state index in [1.54, 1.807) is 11.6 Å². The summed E-state index contributed by atoms with van der Waals surface area (Å²) in [6, 6.07) is 0. The van der Waals surface area contributed by atoms with Crippen LogP contribution in [-0.2, 0) is 6.54 Å². The van der Waals surface area contributed by atoms with Crippen molar-refractivity contribution in [1.82, 2.24) is 9.78 Å². The lowest BCUT2D eigenvalue weighted by Gasteiger charge is -2.15. The van der Waals surface area contributed by atoms with E-state index in [9.17, 15) is 10.1 Å². The largest absolute Gasteiger partial charge is 0.396 e. The summed E-state index contributed by atoms with van der Waals surface area (Å²) in [5.74, 6) is 0.481. The molecule has 19 heavy (non-hydrogen) atoms. The summed E-state index contributed by atoms with van der Waals surface area (Å²) in [4.78, 5) is 10.7. The fourth-order valence-corrected chi connectivity index (χ4v) is 2.39. The van der Waals surface area contributed by atoms with E-state index in [1.165, 1.54) is 0 Å². The third-order valence-corrected chi connectivity index (χ3v) is 3.81. The Balaban J connectivity index is 2.17. The lowest BCUT2D eigenvalue weighted by Crippen LogP contribution is -2.19. The quantitative estimate of drug-likeness (QED) is 0.580. The average molecular weight is 268 g/mol. The topological polar surface area (TPSA) is 93.2 Å². The molecule has 0 aliphatic heterocycles. The monoisotopic (exact) mass is 268 g/mol. The number of hydrogen-bond donors (Lipinski definition) is 2. The molecule has 0 atom stereocenters. The maximum Gasteiger partial charge on any atom is 0.333 e. The third-order valence-electron chi connectivity index (χ3n) is 3.81. The number of aliphatic hydroxyl groups excluding tert-OH is 1. The van der Waals surface area contributed by atoms with Crippen molar-refractivity contribution in [3.8, 4) is 0 Å². The maximum absolute atomic E-state index is 11.1. The van der Waals surface area contributed by atoms with Gasteiger partial charge in [-0.15, -0.1) is 0 Å². The molecule has 1 aliphatic rings. The van der Waals surface area contributed by atoms with E-state index in [-0.39, 0.29) is 22.6 Å². The molecule has 1 aliphatic carbocycles. The number of anilines is 1. The minimum atomic E-state index is -0.386. The first-order chi connectivity index (χ1) is 9.03. The van der Waals surface area contributed by atoms with Crippen molar-refractivity contribution in [2.45, 2.75) is 39.7 Å². The highest BCUT2D eigenvalue weighted by molar-refractivity contribution is 5.59. The van der Waals surface area contributed by atoms with E-state index < -0.39 is 0 Å². The van der Waals surface area contributed by atoms with Gasteiger partial charge in [0, 0.05) is 19.7 Å². The normalized spacial score (nSPS) is 16.4. The molecule has 0 spiro atoms. The van der Waals surface area contributed by atoms with E-state index in [2.05, 4.69) is 10.4 Å². The molecule has 0 amide bonds. The third kappa shape index (κ3) is 2.70. The molecule has 0 radical (unpaired) electrons. The maximum atomic E-state index is 11.1. The van der Waals surface area contributed by atoms with Gasteiger partial charge in [0.1, 0.15) is 5.69 Å². The number of rotatable bonds is 7. The van der Waals surface area contributed by atoms with Gasteiger partial charge in [-0.25, -0.2) is 4.68 Å². The van der Waals surface area contributed by atoms with Crippen molar-refractivity contribution in [1.29, 1.82) is 0 Å². The zero-order valence-corrected chi connectivity index (χ0v) is 11.3. The van der Waals surface area contributed by atoms with Gasteiger partial charge in [0.2, 0.25) is 5.82 Å². The van der Waals surface area contributed by atoms with Gasteiger partial charge in [0.15, 0.2) is 0 Å². The highest BCUT2D eigenvalue weighted by Gasteiger charge is 2.42. The van der Waals surface area contributed by atoms with E-state index in [0.29, 0.717) is 24.6 Å². The van der Waals surface area contributed by atoms with Crippen molar-refractivity contribution in [3.05, 3.63) is 15.8 Å². The Morgan fingerprint density at radius 2 is 2.26 bits per heavy atom. The summed E-state index contributed by atoms with van der Waals surface area (Å²) >= 11 is 0. The second kappa shape index (κ2) is 5.16. The fraction of sp³-hybridized carbons (Fsp3) is 0.750. The molecule has 7 nitrogen and oxygen atoms in total. The van der Waals surface area contributed by atoms with E-state index in [4.69, 9.17) is 5.11 Å². The van der Waals surface area contributed by atoms with Crippen LogP contribution in [0.5, 0.6) is 0 Å². The van der Waals surface area contributed by atoms with Gasteiger partial charge in [0.05, 0.1) is 4.92 Å². The van der Waals surface area contributed by atoms with Crippen LogP contribution in [0.15, 0.2) is 0 Å². The van der Waals surface area contributed by atoms with Crippen LogP contribution >= 0.6 is 0 Å². The summed E-state index contributed by atoms with van der Waals surface area (Å²) in [6.45, 7) is 4.96. The standard InChI is InChI=1S/C12H20N4O3/c1-3-15-11(10(16(18)19)9(2)14-15)13-8-12(4-5-12)6-7-17/h13,17H,3-8H2,1-2H3. The Hall–Kier alpha value is -1.63. The Bertz CT molecular complexity index is 480. The van der Waals surface area contributed by atoms with Crippen LogP contribution < -0.4 is 5.32 Å². The molecular weight excluding hydrogens is 248 g/mol. The van der Waals surface area contributed by atoms with Crippen LogP contribution in [0.3, 0.4) is 0 Å². The lowest BCUT2D eigenvalue weighted by molar-refractivity contribution is -0.384. The molecule has 1 fully saturated rings. The molecule has 0 aromatic carbocycles. The van der Waals surface area contributed by atoms with Gasteiger partial charge in [-0.2, -0.15) is 5.10 Å². The zero-order chi connectivity index (χ0) is 14.0. The predicted octanol–water partition coefficient (Wildman–Crippen LogP) is 1.69. The molecular formula is C12H20N4O3. The Labute approximate surface area is 111 Å². The highest BCUT2D eigenvalue weighted by atomic mass is 16.6. The van der Waals surface area contributed by atoms with E-state index >= 15 is 0 Å². The molecule has 0 unspecified atom stereocenters. The number of hydrogen-bond acceptors (Lipinski definition) is 5. The Morgan fingerprint density at radius 1 is 1.58 bits per heavy atom. The summed E-state index contributed by atoms with van der Waals surface area (Å²) in [5.41, 5.74) is 0.599. The fourth-order valence-electron chi connectivity index (χ4n) is 2.39. The SMILES string of the molecule is CCn1nc(C)c([N+](=O)[O-])c1NCC1(CCO)CC1. The molecule has 1 heterocycles. The van der Waals surface area contributed by atoms with Crippen molar-refractivity contribution in [2.75, 3.05) is 18.5 Å². The molecule has 2 N–H and O–H groups in total. The molecule has 7 heteroatoms. The van der Waals surface area contributed by atoms with Gasteiger partial charge in [-0.05, 0) is 38.5 Å². The van der Waals surface area contributed by atoms with Crippen LogP contribution in [-0.4, -0.2) is 33.0 Å². The molecule has 1 aromatic heterocycles. The predicted molar refractivity (Wildman–Crippen MR) is 71.2 cm³/mol. The van der Waals surface area contributed by atoms with Crippen LogP contribution in [0.1, 0.15) is 31.9 Å². The van der Waals surface area contributed by atoms with Crippen molar-refractivity contribution in [2.24, 2.45) is 5.41 Å². The molecule has 2 rings (SSSR count). The van der Waals surface area contributed by atoms with E-state index in [1.807, 2.05) is 6.92 Å². The number of nitrogens with one attached hydrogen (secondary N) is 1. The van der Waals surface area contributed by atoms with Crippen LogP contribution in [0, 0.1) is 22.5 Å². The second-order valence-electron chi connectivity index (χ2n) is 5.18. The molecule has 1 aromatic rings. The second-order valence-corrected chi connectivity index (χ2v) is 5.18. The van der Waals surface area contributed by atoms with E-state index in [0.717, 1.165) is 19.3 Å². The number of nitro groups is 1. The summed E-state index contributed by atoms with van der Waals surface area (Å²) in [7, 11) is 0. The summed E-state index contributed by atoms with van der Waals surface area (Å²) < 4.78 is 1.63. The van der Waals surface area contributed by atoms with Gasteiger partial charge >= 0.3 is 5.69 Å².